The molecule has 0 aliphatic heterocycles. The molecule has 1 aromatic carbocycles. The van der Waals surface area contributed by atoms with E-state index in [2.05, 4.69) is 4.98 Å². The van der Waals surface area contributed by atoms with E-state index in [9.17, 15) is 10.1 Å². The minimum atomic E-state index is -0.558. The Hall–Kier alpha value is -0.810. The summed E-state index contributed by atoms with van der Waals surface area (Å²) in [6.45, 7) is 3.86. The van der Waals surface area contributed by atoms with Gasteiger partial charge in [0.15, 0.2) is 0 Å². The van der Waals surface area contributed by atoms with Gasteiger partial charge in [-0.2, -0.15) is 0 Å². The lowest BCUT2D eigenvalue weighted by Crippen LogP contribution is -2.05. The summed E-state index contributed by atoms with van der Waals surface area (Å²) in [5, 5.41) is 12.0. The van der Waals surface area contributed by atoms with Crippen LogP contribution in [-0.2, 0) is 6.42 Å². The summed E-state index contributed by atoms with van der Waals surface area (Å²) < 4.78 is 0. The van der Waals surface area contributed by atoms with Crippen molar-refractivity contribution in [3.63, 3.8) is 0 Å². The first kappa shape index (κ1) is 16.6. The highest BCUT2D eigenvalue weighted by Gasteiger charge is 2.27. The van der Waals surface area contributed by atoms with Crippen molar-refractivity contribution in [2.24, 2.45) is 5.92 Å². The maximum Gasteiger partial charge on any atom is 0.309 e. The van der Waals surface area contributed by atoms with Gasteiger partial charge in [0.05, 0.1) is 25.5 Å². The van der Waals surface area contributed by atoms with Crippen molar-refractivity contribution in [1.82, 2.24) is 4.98 Å². The molecular weight excluding hydrogens is 358 g/mol. The second kappa shape index (κ2) is 6.13. The molecule has 0 aliphatic carbocycles. The standard InChI is InChI=1S/C13H10Cl4N2O2/c1-5(2)3-8-13(19(20)21)11(17)9-10(16)6(14)4-7(15)12(9)18-8/h4-5H,3H2,1-2H3. The molecule has 0 bridgehead atoms. The van der Waals surface area contributed by atoms with Crippen molar-refractivity contribution in [3.8, 4) is 0 Å². The first-order chi connectivity index (χ1) is 9.73. The first-order valence-corrected chi connectivity index (χ1v) is 7.55. The van der Waals surface area contributed by atoms with Gasteiger partial charge in [0.1, 0.15) is 10.7 Å². The molecule has 2 rings (SSSR count). The van der Waals surface area contributed by atoms with Crippen LogP contribution in [0.15, 0.2) is 6.07 Å². The molecular formula is C13H10Cl4N2O2. The van der Waals surface area contributed by atoms with E-state index in [1.807, 2.05) is 13.8 Å². The van der Waals surface area contributed by atoms with E-state index < -0.39 is 4.92 Å². The van der Waals surface area contributed by atoms with Gasteiger partial charge >= 0.3 is 5.69 Å². The number of benzene rings is 1. The molecule has 8 heteroatoms. The maximum atomic E-state index is 11.3. The molecule has 0 radical (unpaired) electrons. The summed E-state index contributed by atoms with van der Waals surface area (Å²) in [4.78, 5) is 15.1. The Bertz CT molecular complexity index is 747. The lowest BCUT2D eigenvalue weighted by Gasteiger charge is -2.11. The summed E-state index contributed by atoms with van der Waals surface area (Å²) >= 11 is 24.4. The summed E-state index contributed by atoms with van der Waals surface area (Å²) in [5.74, 6) is 0.172. The SMILES string of the molecule is CC(C)Cc1nc2c(Cl)cc(Cl)c(Cl)c2c(Cl)c1[N+](=O)[O-]. The van der Waals surface area contributed by atoms with Crippen LogP contribution in [0.3, 0.4) is 0 Å². The predicted molar refractivity (Wildman–Crippen MR) is 87.0 cm³/mol. The topological polar surface area (TPSA) is 56.0 Å². The van der Waals surface area contributed by atoms with Crippen molar-refractivity contribution < 1.29 is 4.92 Å². The van der Waals surface area contributed by atoms with E-state index in [0.717, 1.165) is 0 Å². The van der Waals surface area contributed by atoms with Gasteiger partial charge in [-0.3, -0.25) is 10.1 Å². The third kappa shape index (κ3) is 3.04. The Morgan fingerprint density at radius 1 is 1.19 bits per heavy atom. The number of nitro groups is 1. The van der Waals surface area contributed by atoms with E-state index in [1.54, 1.807) is 0 Å². The predicted octanol–water partition coefficient (Wildman–Crippen LogP) is 5.96. The highest BCUT2D eigenvalue weighted by atomic mass is 35.5. The van der Waals surface area contributed by atoms with E-state index in [1.165, 1.54) is 6.07 Å². The molecule has 0 unspecified atom stereocenters. The zero-order valence-corrected chi connectivity index (χ0v) is 14.1. The van der Waals surface area contributed by atoms with Crippen LogP contribution in [0.4, 0.5) is 5.69 Å². The number of halogens is 4. The second-order valence-corrected chi connectivity index (χ2v) is 6.52. The smallest absolute Gasteiger partial charge is 0.258 e. The average molecular weight is 368 g/mol. The van der Waals surface area contributed by atoms with Crippen LogP contribution in [0.5, 0.6) is 0 Å². The molecule has 0 N–H and O–H groups in total. The van der Waals surface area contributed by atoms with E-state index in [0.29, 0.717) is 11.9 Å². The Morgan fingerprint density at radius 2 is 1.81 bits per heavy atom. The minimum Gasteiger partial charge on any atom is -0.258 e. The molecule has 0 fully saturated rings. The van der Waals surface area contributed by atoms with E-state index in [4.69, 9.17) is 46.4 Å². The lowest BCUT2D eigenvalue weighted by molar-refractivity contribution is -0.385. The van der Waals surface area contributed by atoms with Crippen molar-refractivity contribution in [2.45, 2.75) is 20.3 Å². The number of hydrogen-bond donors (Lipinski definition) is 0. The molecule has 0 aliphatic rings. The molecule has 0 spiro atoms. The van der Waals surface area contributed by atoms with Gasteiger partial charge in [-0.1, -0.05) is 60.3 Å². The van der Waals surface area contributed by atoms with Gasteiger partial charge in [-0.05, 0) is 18.4 Å². The largest absolute Gasteiger partial charge is 0.309 e. The normalized spacial score (nSPS) is 11.4. The molecule has 112 valence electrons. The Balaban J connectivity index is 2.94. The van der Waals surface area contributed by atoms with Gasteiger partial charge in [0, 0.05) is 5.39 Å². The number of pyridine rings is 1. The zero-order valence-electron chi connectivity index (χ0n) is 11.1. The molecule has 2 aromatic rings. The number of fused-ring (bicyclic) bond motifs is 1. The number of hydrogen-bond acceptors (Lipinski definition) is 3. The number of aromatic nitrogens is 1. The first-order valence-electron chi connectivity index (χ1n) is 6.04. The summed E-state index contributed by atoms with van der Waals surface area (Å²) in [5.41, 5.74) is 0.350. The zero-order chi connectivity index (χ0) is 15.9. The molecule has 0 amide bonds. The van der Waals surface area contributed by atoms with Crippen LogP contribution in [0.2, 0.25) is 20.1 Å². The van der Waals surface area contributed by atoms with Gasteiger partial charge < -0.3 is 0 Å². The minimum absolute atomic E-state index is 0.0879. The molecule has 4 nitrogen and oxygen atoms in total. The van der Waals surface area contributed by atoms with Crippen molar-refractivity contribution in [1.29, 1.82) is 0 Å². The molecule has 21 heavy (non-hydrogen) atoms. The van der Waals surface area contributed by atoms with Crippen LogP contribution in [-0.4, -0.2) is 9.91 Å². The average Bonchev–Trinajstić information content (AvgIpc) is 2.34. The van der Waals surface area contributed by atoms with Crippen molar-refractivity contribution >= 4 is 63.0 Å². The highest BCUT2D eigenvalue weighted by Crippen LogP contribution is 2.43. The Morgan fingerprint density at radius 3 is 2.33 bits per heavy atom. The Kier molecular flexibility index (Phi) is 4.83. The fraction of sp³-hybridized carbons (Fsp3) is 0.308. The van der Waals surface area contributed by atoms with Crippen LogP contribution in [0.1, 0.15) is 19.5 Å². The summed E-state index contributed by atoms with van der Waals surface area (Å²) in [7, 11) is 0. The Labute approximate surface area is 141 Å². The molecule has 1 aromatic heterocycles. The third-order valence-corrected chi connectivity index (χ3v) is 4.32. The van der Waals surface area contributed by atoms with Crippen LogP contribution >= 0.6 is 46.4 Å². The summed E-state index contributed by atoms with van der Waals surface area (Å²) in [6, 6.07) is 1.45. The highest BCUT2D eigenvalue weighted by molar-refractivity contribution is 6.50. The molecule has 0 saturated heterocycles. The monoisotopic (exact) mass is 366 g/mol. The van der Waals surface area contributed by atoms with Gasteiger partial charge in [-0.15, -0.1) is 0 Å². The second-order valence-electron chi connectivity index (χ2n) is 4.95. The fourth-order valence-corrected chi connectivity index (χ4v) is 3.20. The van der Waals surface area contributed by atoms with Gasteiger partial charge in [0.25, 0.3) is 0 Å². The van der Waals surface area contributed by atoms with Crippen molar-refractivity contribution in [3.05, 3.63) is 42.0 Å². The lowest BCUT2D eigenvalue weighted by atomic mass is 10.0. The number of rotatable bonds is 3. The molecule has 0 saturated carbocycles. The quantitative estimate of drug-likeness (QED) is 0.382. The summed E-state index contributed by atoms with van der Waals surface area (Å²) in [6.07, 6.45) is 0.405. The van der Waals surface area contributed by atoms with E-state index >= 15 is 0 Å². The van der Waals surface area contributed by atoms with Crippen LogP contribution < -0.4 is 0 Å². The third-order valence-electron chi connectivity index (χ3n) is 2.88. The maximum absolute atomic E-state index is 11.3. The van der Waals surface area contributed by atoms with Gasteiger partial charge in [0.2, 0.25) is 0 Å². The molecule has 1 heterocycles. The number of nitrogens with zero attached hydrogens (tertiary/aromatic N) is 2. The van der Waals surface area contributed by atoms with Crippen LogP contribution in [0.25, 0.3) is 10.9 Å². The van der Waals surface area contributed by atoms with E-state index in [-0.39, 0.29) is 42.8 Å². The fourth-order valence-electron chi connectivity index (χ4n) is 2.04. The van der Waals surface area contributed by atoms with Gasteiger partial charge in [-0.25, -0.2) is 4.98 Å². The molecule has 0 atom stereocenters. The van der Waals surface area contributed by atoms with Crippen molar-refractivity contribution in [2.75, 3.05) is 0 Å². The van der Waals surface area contributed by atoms with Crippen LogP contribution in [0, 0.1) is 16.0 Å².